The molecule has 0 radical (unpaired) electrons. The number of rotatable bonds is 3. The van der Waals surface area contributed by atoms with Gasteiger partial charge in [-0.3, -0.25) is 4.98 Å². The summed E-state index contributed by atoms with van der Waals surface area (Å²) in [5.41, 5.74) is 3.55. The number of nitrogens with zero attached hydrogens (tertiary/aromatic N) is 4. The zero-order valence-electron chi connectivity index (χ0n) is 19.0. The Bertz CT molecular complexity index is 1410. The van der Waals surface area contributed by atoms with E-state index in [0.29, 0.717) is 46.2 Å². The largest absolute Gasteiger partial charge is 0.369 e. The summed E-state index contributed by atoms with van der Waals surface area (Å²) in [5, 5.41) is 22.6. The lowest BCUT2D eigenvalue weighted by molar-refractivity contribution is 0.404. The molecule has 34 heavy (non-hydrogen) atoms. The van der Waals surface area contributed by atoms with Gasteiger partial charge in [0.1, 0.15) is 11.6 Å². The third kappa shape index (κ3) is 3.33. The minimum atomic E-state index is -0.427. The summed E-state index contributed by atoms with van der Waals surface area (Å²) in [6, 6.07) is 11.6. The van der Waals surface area contributed by atoms with E-state index in [4.69, 9.17) is 16.9 Å². The summed E-state index contributed by atoms with van der Waals surface area (Å²) in [5.74, 6) is 0.290. The van der Waals surface area contributed by atoms with Gasteiger partial charge in [0.2, 0.25) is 0 Å². The molecular weight excluding hydrogens is 449 g/mol. The summed E-state index contributed by atoms with van der Waals surface area (Å²) in [6.07, 6.45) is 5.77. The standard InChI is InChI=1S/C27H23ClFN5/c1-16-17(6-10-30)7-11-32-24(16)19-5-3-4-18(23(19)29)20-12-33-25-21(22(20)28)27(15-34-25)9-8-26(2,13-27)14-31/h3-5,7,11-12H,6,8-9,13,15H2,1-2H3,(H,33,34)/t26-,27-/m1/s1. The van der Waals surface area contributed by atoms with E-state index in [1.807, 2.05) is 13.8 Å². The first-order valence-electron chi connectivity index (χ1n) is 11.3. The minimum Gasteiger partial charge on any atom is -0.369 e. The monoisotopic (exact) mass is 471 g/mol. The molecule has 3 heterocycles. The van der Waals surface area contributed by atoms with Gasteiger partial charge in [-0.1, -0.05) is 23.7 Å². The lowest BCUT2D eigenvalue weighted by Gasteiger charge is -2.26. The topological polar surface area (TPSA) is 85.4 Å². The fourth-order valence-electron chi connectivity index (χ4n) is 5.58. The van der Waals surface area contributed by atoms with Gasteiger partial charge >= 0.3 is 0 Å². The number of nitrogens with one attached hydrogen (secondary N) is 1. The SMILES string of the molecule is Cc1c(CC#N)ccnc1-c1cccc(-c2cnc3c(c2Cl)[C@@]2(CC[C@@](C)(C#N)C2)CN3)c1F. The van der Waals surface area contributed by atoms with Crippen LogP contribution in [-0.2, 0) is 11.8 Å². The predicted octanol–water partition coefficient (Wildman–Crippen LogP) is 6.35. The quantitative estimate of drug-likeness (QED) is 0.480. The number of anilines is 1. The summed E-state index contributed by atoms with van der Waals surface area (Å²) < 4.78 is 16.0. The first-order valence-corrected chi connectivity index (χ1v) is 11.6. The zero-order chi connectivity index (χ0) is 24.1. The van der Waals surface area contributed by atoms with Crippen molar-refractivity contribution >= 4 is 17.4 Å². The molecule has 0 bridgehead atoms. The van der Waals surface area contributed by atoms with Gasteiger partial charge in [-0.15, -0.1) is 0 Å². The maximum Gasteiger partial charge on any atom is 0.140 e. The van der Waals surface area contributed by atoms with Crippen LogP contribution in [0, 0.1) is 40.8 Å². The van der Waals surface area contributed by atoms with E-state index < -0.39 is 11.2 Å². The molecule has 7 heteroatoms. The normalized spacial score (nSPS) is 22.8. The number of nitriles is 2. The average Bonchev–Trinajstić information content (AvgIpc) is 3.37. The van der Waals surface area contributed by atoms with E-state index in [2.05, 4.69) is 27.4 Å². The van der Waals surface area contributed by atoms with Gasteiger partial charge in [0.15, 0.2) is 0 Å². The number of aromatic nitrogens is 2. The van der Waals surface area contributed by atoms with Gasteiger partial charge in [0.05, 0.1) is 34.7 Å². The van der Waals surface area contributed by atoms with Crippen LogP contribution in [0.4, 0.5) is 10.2 Å². The molecule has 1 aliphatic carbocycles. The van der Waals surface area contributed by atoms with Crippen LogP contribution >= 0.6 is 11.6 Å². The molecule has 1 spiro atoms. The van der Waals surface area contributed by atoms with Crippen molar-refractivity contribution in [2.24, 2.45) is 5.41 Å². The highest BCUT2D eigenvalue weighted by atomic mass is 35.5. The van der Waals surface area contributed by atoms with E-state index >= 15 is 4.39 Å². The number of fused-ring (bicyclic) bond motifs is 2. The van der Waals surface area contributed by atoms with Crippen LogP contribution in [0.15, 0.2) is 36.7 Å². The molecule has 0 unspecified atom stereocenters. The molecule has 2 aromatic heterocycles. The van der Waals surface area contributed by atoms with Crippen LogP contribution in [-0.4, -0.2) is 16.5 Å². The fraction of sp³-hybridized carbons (Fsp3) is 0.333. The maximum atomic E-state index is 16.0. The van der Waals surface area contributed by atoms with Crippen molar-refractivity contribution in [3.8, 4) is 34.5 Å². The summed E-state index contributed by atoms with van der Waals surface area (Å²) in [7, 11) is 0. The van der Waals surface area contributed by atoms with Gasteiger partial charge in [-0.25, -0.2) is 9.37 Å². The molecule has 1 fully saturated rings. The van der Waals surface area contributed by atoms with Crippen molar-refractivity contribution in [3.63, 3.8) is 0 Å². The first-order chi connectivity index (χ1) is 16.3. The van der Waals surface area contributed by atoms with E-state index in [1.54, 1.807) is 36.7 Å². The second-order valence-electron chi connectivity index (χ2n) is 9.64. The van der Waals surface area contributed by atoms with Gasteiger partial charge in [-0.05, 0) is 56.4 Å². The number of halogens is 2. The van der Waals surface area contributed by atoms with Crippen LogP contribution in [0.2, 0.25) is 5.02 Å². The Morgan fingerprint density at radius 2 is 1.94 bits per heavy atom. The molecule has 0 saturated heterocycles. The Morgan fingerprint density at radius 1 is 1.15 bits per heavy atom. The van der Waals surface area contributed by atoms with Gasteiger partial charge in [-0.2, -0.15) is 10.5 Å². The third-order valence-electron chi connectivity index (χ3n) is 7.42. The Labute approximate surface area is 203 Å². The van der Waals surface area contributed by atoms with Crippen molar-refractivity contribution < 1.29 is 4.39 Å². The molecule has 1 N–H and O–H groups in total. The van der Waals surface area contributed by atoms with Crippen LogP contribution in [0.5, 0.6) is 0 Å². The van der Waals surface area contributed by atoms with Gasteiger partial charge in [0.25, 0.3) is 0 Å². The number of pyridine rings is 2. The maximum absolute atomic E-state index is 16.0. The van der Waals surface area contributed by atoms with E-state index in [-0.39, 0.29) is 11.8 Å². The van der Waals surface area contributed by atoms with Crippen LogP contribution < -0.4 is 5.32 Å². The second-order valence-corrected chi connectivity index (χ2v) is 10.0. The Hall–Kier alpha value is -3.48. The molecular formula is C27H23ClFN5. The Morgan fingerprint density at radius 3 is 2.68 bits per heavy atom. The van der Waals surface area contributed by atoms with Crippen molar-refractivity contribution in [3.05, 3.63) is 64.2 Å². The molecule has 5 nitrogen and oxygen atoms in total. The Balaban J connectivity index is 1.63. The molecule has 0 amide bonds. The van der Waals surface area contributed by atoms with Crippen molar-refractivity contribution in [2.45, 2.75) is 44.9 Å². The van der Waals surface area contributed by atoms with Crippen LogP contribution in [0.25, 0.3) is 22.4 Å². The van der Waals surface area contributed by atoms with Gasteiger partial charge < -0.3 is 5.32 Å². The summed E-state index contributed by atoms with van der Waals surface area (Å²) >= 11 is 6.98. The highest BCUT2D eigenvalue weighted by molar-refractivity contribution is 6.34. The third-order valence-corrected chi connectivity index (χ3v) is 7.82. The van der Waals surface area contributed by atoms with E-state index in [9.17, 15) is 5.26 Å². The number of hydrogen-bond acceptors (Lipinski definition) is 5. The molecule has 2 atom stereocenters. The lowest BCUT2D eigenvalue weighted by atomic mass is 9.77. The number of hydrogen-bond donors (Lipinski definition) is 1. The van der Waals surface area contributed by atoms with Crippen molar-refractivity contribution in [1.29, 1.82) is 10.5 Å². The van der Waals surface area contributed by atoms with Crippen LogP contribution in [0.3, 0.4) is 0 Å². The summed E-state index contributed by atoms with van der Waals surface area (Å²) in [6.45, 7) is 4.52. The first kappa shape index (κ1) is 22.3. The highest BCUT2D eigenvalue weighted by Crippen LogP contribution is 2.57. The zero-order valence-corrected chi connectivity index (χ0v) is 19.8. The fourth-order valence-corrected chi connectivity index (χ4v) is 6.02. The van der Waals surface area contributed by atoms with E-state index in [1.165, 1.54) is 0 Å². The molecule has 3 aromatic rings. The smallest absolute Gasteiger partial charge is 0.140 e. The molecule has 2 aliphatic rings. The molecule has 5 rings (SSSR count). The molecule has 170 valence electrons. The predicted molar refractivity (Wildman–Crippen MR) is 130 cm³/mol. The molecule has 1 aromatic carbocycles. The van der Waals surface area contributed by atoms with Crippen LogP contribution in [0.1, 0.15) is 42.9 Å². The minimum absolute atomic E-state index is 0.236. The Kier molecular flexibility index (Phi) is 5.30. The average molecular weight is 472 g/mol. The van der Waals surface area contributed by atoms with Gasteiger partial charge in [0, 0.05) is 46.6 Å². The van der Waals surface area contributed by atoms with E-state index in [0.717, 1.165) is 29.5 Å². The highest BCUT2D eigenvalue weighted by Gasteiger charge is 2.52. The van der Waals surface area contributed by atoms with Crippen molar-refractivity contribution in [1.82, 2.24) is 9.97 Å². The van der Waals surface area contributed by atoms with Crippen molar-refractivity contribution in [2.75, 3.05) is 11.9 Å². The lowest BCUT2D eigenvalue weighted by Crippen LogP contribution is -2.27. The number of benzene rings is 1. The molecule has 1 aliphatic heterocycles. The second kappa shape index (κ2) is 8.08. The summed E-state index contributed by atoms with van der Waals surface area (Å²) in [4.78, 5) is 9.00. The molecule has 1 saturated carbocycles.